The summed E-state index contributed by atoms with van der Waals surface area (Å²) in [4.78, 5) is 0. The fourth-order valence-corrected chi connectivity index (χ4v) is 6.81. The van der Waals surface area contributed by atoms with Crippen LogP contribution in [0.1, 0.15) is 77.0 Å². The standard InChI is InChI=1S/C20H31FO2S/c1-24(22,23)17-8-4-15(5-9-17)19-13-20(10-11-20)12-18(19)14-2-6-16(21)7-3-14/h14-17H,2-13H2,1H3. The summed E-state index contributed by atoms with van der Waals surface area (Å²) in [6.45, 7) is 0. The van der Waals surface area contributed by atoms with Gasteiger partial charge in [-0.1, -0.05) is 11.1 Å². The summed E-state index contributed by atoms with van der Waals surface area (Å²) in [6, 6.07) is 0. The zero-order chi connectivity index (χ0) is 16.9. The van der Waals surface area contributed by atoms with Crippen LogP contribution in [0.3, 0.4) is 0 Å². The van der Waals surface area contributed by atoms with Gasteiger partial charge in [0.05, 0.1) is 5.25 Å². The Kier molecular flexibility index (Phi) is 4.34. The largest absolute Gasteiger partial charge is 0.247 e. The van der Waals surface area contributed by atoms with E-state index in [1.165, 1.54) is 31.9 Å². The molecule has 0 saturated heterocycles. The molecule has 0 aliphatic heterocycles. The molecular weight excluding hydrogens is 323 g/mol. The Hall–Kier alpha value is -0.380. The van der Waals surface area contributed by atoms with E-state index in [2.05, 4.69) is 0 Å². The molecule has 1 spiro atoms. The van der Waals surface area contributed by atoms with Gasteiger partial charge in [-0.15, -0.1) is 0 Å². The van der Waals surface area contributed by atoms with Crippen LogP contribution >= 0.6 is 0 Å². The van der Waals surface area contributed by atoms with Crippen molar-refractivity contribution in [2.75, 3.05) is 6.26 Å². The van der Waals surface area contributed by atoms with Crippen LogP contribution in [-0.2, 0) is 9.84 Å². The Balaban J connectivity index is 1.49. The Bertz CT molecular complexity index is 616. The molecule has 0 aromatic carbocycles. The van der Waals surface area contributed by atoms with Crippen LogP contribution in [-0.4, -0.2) is 26.1 Å². The van der Waals surface area contributed by atoms with Crippen molar-refractivity contribution in [2.45, 2.75) is 88.5 Å². The fraction of sp³-hybridized carbons (Fsp3) is 0.900. The molecule has 0 atom stereocenters. The predicted octanol–water partition coefficient (Wildman–Crippen LogP) is 4.99. The Morgan fingerprint density at radius 3 is 1.71 bits per heavy atom. The highest BCUT2D eigenvalue weighted by molar-refractivity contribution is 7.91. The number of allylic oxidation sites excluding steroid dienone is 2. The van der Waals surface area contributed by atoms with Crippen LogP contribution in [0.25, 0.3) is 0 Å². The van der Waals surface area contributed by atoms with E-state index in [9.17, 15) is 12.8 Å². The number of sulfone groups is 1. The minimum atomic E-state index is -2.88. The lowest BCUT2D eigenvalue weighted by Crippen LogP contribution is -2.27. The van der Waals surface area contributed by atoms with Gasteiger partial charge < -0.3 is 0 Å². The van der Waals surface area contributed by atoms with E-state index < -0.39 is 16.0 Å². The number of rotatable bonds is 3. The van der Waals surface area contributed by atoms with Crippen molar-refractivity contribution in [3.8, 4) is 0 Å². The highest BCUT2D eigenvalue weighted by Gasteiger charge is 2.50. The van der Waals surface area contributed by atoms with Gasteiger partial charge in [0.2, 0.25) is 0 Å². The molecule has 0 heterocycles. The van der Waals surface area contributed by atoms with Crippen molar-refractivity contribution in [3.05, 3.63) is 11.1 Å². The molecule has 0 bridgehead atoms. The van der Waals surface area contributed by atoms with Gasteiger partial charge in [0.1, 0.15) is 16.0 Å². The molecule has 4 heteroatoms. The van der Waals surface area contributed by atoms with Crippen LogP contribution in [0.2, 0.25) is 0 Å². The quantitative estimate of drug-likeness (QED) is 0.669. The molecule has 4 rings (SSSR count). The van der Waals surface area contributed by atoms with E-state index in [0.29, 0.717) is 17.3 Å². The smallest absolute Gasteiger partial charge is 0.150 e. The molecule has 2 nitrogen and oxygen atoms in total. The first-order valence-corrected chi connectivity index (χ1v) is 11.9. The third kappa shape index (κ3) is 3.32. The summed E-state index contributed by atoms with van der Waals surface area (Å²) in [5, 5.41) is -0.115. The SMILES string of the molecule is CS(=O)(=O)C1CCC(C2=C(C3CCC(F)CC3)CC3(CC3)C2)CC1. The van der Waals surface area contributed by atoms with E-state index in [1.807, 2.05) is 0 Å². The normalized spacial score (nSPS) is 39.4. The Morgan fingerprint density at radius 1 is 0.833 bits per heavy atom. The zero-order valence-corrected chi connectivity index (χ0v) is 15.7. The summed E-state index contributed by atoms with van der Waals surface area (Å²) < 4.78 is 37.2. The van der Waals surface area contributed by atoms with Gasteiger partial charge in [0.15, 0.2) is 0 Å². The molecular formula is C20H31FO2S. The van der Waals surface area contributed by atoms with Crippen molar-refractivity contribution in [1.29, 1.82) is 0 Å². The van der Waals surface area contributed by atoms with Crippen molar-refractivity contribution in [3.63, 3.8) is 0 Å². The molecule has 0 unspecified atom stereocenters. The van der Waals surface area contributed by atoms with E-state index >= 15 is 0 Å². The summed E-state index contributed by atoms with van der Waals surface area (Å²) in [5.74, 6) is 1.24. The van der Waals surface area contributed by atoms with Crippen LogP contribution in [0.4, 0.5) is 4.39 Å². The van der Waals surface area contributed by atoms with Crippen LogP contribution < -0.4 is 0 Å². The van der Waals surface area contributed by atoms with Crippen molar-refractivity contribution < 1.29 is 12.8 Å². The lowest BCUT2D eigenvalue weighted by atomic mass is 9.76. The molecule has 24 heavy (non-hydrogen) atoms. The molecule has 0 radical (unpaired) electrons. The Labute approximate surface area is 146 Å². The number of halogens is 1. The first-order chi connectivity index (χ1) is 11.4. The first-order valence-electron chi connectivity index (χ1n) is 9.91. The monoisotopic (exact) mass is 354 g/mol. The van der Waals surface area contributed by atoms with Crippen LogP contribution in [0.5, 0.6) is 0 Å². The highest BCUT2D eigenvalue weighted by Crippen LogP contribution is 2.63. The Morgan fingerprint density at radius 2 is 1.29 bits per heavy atom. The van der Waals surface area contributed by atoms with E-state index in [0.717, 1.165) is 51.4 Å². The van der Waals surface area contributed by atoms with Gasteiger partial charge >= 0.3 is 0 Å². The molecule has 3 fully saturated rings. The number of hydrogen-bond acceptors (Lipinski definition) is 2. The minimum Gasteiger partial charge on any atom is -0.247 e. The maximum atomic E-state index is 13.5. The topological polar surface area (TPSA) is 34.1 Å². The number of hydrogen-bond donors (Lipinski definition) is 0. The highest BCUT2D eigenvalue weighted by atomic mass is 32.2. The third-order valence-electron chi connectivity index (χ3n) is 7.42. The number of alkyl halides is 1. The van der Waals surface area contributed by atoms with Gasteiger partial charge in [-0.2, -0.15) is 0 Å². The van der Waals surface area contributed by atoms with E-state index in [1.54, 1.807) is 11.1 Å². The molecule has 3 saturated carbocycles. The summed E-state index contributed by atoms with van der Waals surface area (Å²) >= 11 is 0. The average molecular weight is 355 g/mol. The maximum Gasteiger partial charge on any atom is 0.150 e. The molecule has 0 N–H and O–H groups in total. The fourth-order valence-electron chi connectivity index (χ4n) is 5.68. The maximum absolute atomic E-state index is 13.5. The average Bonchev–Trinajstić information content (AvgIpc) is 3.19. The van der Waals surface area contributed by atoms with Crippen LogP contribution in [0, 0.1) is 17.3 Å². The van der Waals surface area contributed by atoms with Crippen molar-refractivity contribution >= 4 is 9.84 Å². The summed E-state index contributed by atoms with van der Waals surface area (Å²) in [5.41, 5.74) is 3.97. The zero-order valence-electron chi connectivity index (χ0n) is 14.9. The molecule has 4 aliphatic rings. The molecule has 136 valence electrons. The van der Waals surface area contributed by atoms with Gasteiger partial charge in [0, 0.05) is 6.26 Å². The van der Waals surface area contributed by atoms with Gasteiger partial charge in [0.25, 0.3) is 0 Å². The van der Waals surface area contributed by atoms with Gasteiger partial charge in [-0.25, -0.2) is 12.8 Å². The van der Waals surface area contributed by atoms with Crippen LogP contribution in [0.15, 0.2) is 11.1 Å². The minimum absolute atomic E-state index is 0.115. The van der Waals surface area contributed by atoms with Gasteiger partial charge in [-0.3, -0.25) is 0 Å². The van der Waals surface area contributed by atoms with E-state index in [-0.39, 0.29) is 5.25 Å². The van der Waals surface area contributed by atoms with Gasteiger partial charge in [-0.05, 0) is 94.3 Å². The van der Waals surface area contributed by atoms with Crippen molar-refractivity contribution in [1.82, 2.24) is 0 Å². The molecule has 4 aliphatic carbocycles. The first kappa shape index (κ1) is 17.1. The second-order valence-electron chi connectivity index (χ2n) is 9.16. The molecule has 0 aromatic rings. The third-order valence-corrected chi connectivity index (χ3v) is 9.10. The second kappa shape index (κ2) is 6.10. The lowest BCUT2D eigenvalue weighted by Gasteiger charge is -2.32. The lowest BCUT2D eigenvalue weighted by molar-refractivity contribution is 0.219. The second-order valence-corrected chi connectivity index (χ2v) is 11.5. The summed E-state index contributed by atoms with van der Waals surface area (Å²) in [7, 11) is -2.88. The van der Waals surface area contributed by atoms with Crippen molar-refractivity contribution in [2.24, 2.45) is 17.3 Å². The predicted molar refractivity (Wildman–Crippen MR) is 95.4 cm³/mol. The summed E-state index contributed by atoms with van der Waals surface area (Å²) in [6.07, 6.45) is 13.4. The molecule has 0 aromatic heterocycles. The molecule has 0 amide bonds. The van der Waals surface area contributed by atoms with E-state index in [4.69, 9.17) is 0 Å².